The lowest BCUT2D eigenvalue weighted by molar-refractivity contribution is -0.192. The molecule has 4 heterocycles. The second-order valence-corrected chi connectivity index (χ2v) is 7.50. The molecule has 5 aromatic rings. The van der Waals surface area contributed by atoms with Gasteiger partial charge in [0.2, 0.25) is 0 Å². The molecule has 2 N–H and O–H groups in total. The van der Waals surface area contributed by atoms with E-state index < -0.39 is 12.1 Å². The van der Waals surface area contributed by atoms with Crippen LogP contribution in [-0.4, -0.2) is 37.5 Å². The second kappa shape index (κ2) is 10.3. The number of carbonyl (C=O) groups is 2. The predicted molar refractivity (Wildman–Crippen MR) is 124 cm³/mol. The minimum Gasteiger partial charge on any atom is -0.475 e. The molecule has 12 heteroatoms. The molecule has 8 nitrogen and oxygen atoms in total. The highest BCUT2D eigenvalue weighted by atomic mass is 19.4. The average Bonchev–Trinajstić information content (AvgIpc) is 3.52. The molecule has 0 unspecified atom stereocenters. The Morgan fingerprint density at radius 1 is 1.03 bits per heavy atom. The lowest BCUT2D eigenvalue weighted by Crippen LogP contribution is -2.21. The van der Waals surface area contributed by atoms with Crippen molar-refractivity contribution in [1.82, 2.24) is 14.4 Å². The molecule has 0 fully saturated rings. The zero-order chi connectivity index (χ0) is 26.6. The van der Waals surface area contributed by atoms with Crippen molar-refractivity contribution < 1.29 is 36.7 Å². The van der Waals surface area contributed by atoms with E-state index in [1.807, 2.05) is 22.7 Å². The van der Waals surface area contributed by atoms with Crippen molar-refractivity contribution in [2.45, 2.75) is 6.18 Å². The molecule has 0 radical (unpaired) electrons. The van der Waals surface area contributed by atoms with Crippen molar-refractivity contribution in [3.8, 4) is 22.5 Å². The van der Waals surface area contributed by atoms with E-state index in [1.54, 1.807) is 42.7 Å². The van der Waals surface area contributed by atoms with Crippen LogP contribution in [0.15, 0.2) is 90.3 Å². The third-order valence-electron chi connectivity index (χ3n) is 5.03. The Morgan fingerprint density at radius 2 is 1.73 bits per heavy atom. The van der Waals surface area contributed by atoms with Crippen LogP contribution in [0, 0.1) is 5.82 Å². The number of nitrogens with one attached hydrogen (secondary N) is 1. The number of nitrogens with zero attached hydrogens (tertiary/aromatic N) is 3. The van der Waals surface area contributed by atoms with Gasteiger partial charge in [0.1, 0.15) is 17.8 Å². The number of carboxylic acid groups (broad SMARTS) is 1. The van der Waals surface area contributed by atoms with Crippen LogP contribution in [0.2, 0.25) is 0 Å². The van der Waals surface area contributed by atoms with Gasteiger partial charge in [0.25, 0.3) is 5.91 Å². The van der Waals surface area contributed by atoms with Gasteiger partial charge in [-0.05, 0) is 47.5 Å². The lowest BCUT2D eigenvalue weighted by Gasteiger charge is -2.07. The zero-order valence-corrected chi connectivity index (χ0v) is 18.6. The summed E-state index contributed by atoms with van der Waals surface area (Å²) in [6.07, 6.45) is 2.85. The van der Waals surface area contributed by atoms with Gasteiger partial charge in [-0.25, -0.2) is 14.2 Å². The fraction of sp³-hybridized carbons (Fsp3) is 0.0400. The number of rotatable bonds is 4. The SMILES string of the molecule is O=C(Nc1cccnc1)c1cc2ccc(-c3ccc(F)cc3)cn2c1-c1cocn1.O=C(O)C(F)(F)F. The van der Waals surface area contributed by atoms with E-state index in [0.717, 1.165) is 16.6 Å². The first-order valence-corrected chi connectivity index (χ1v) is 10.4. The number of amides is 1. The number of carboxylic acids is 1. The highest BCUT2D eigenvalue weighted by Crippen LogP contribution is 2.30. The minimum absolute atomic E-state index is 0.284. The summed E-state index contributed by atoms with van der Waals surface area (Å²) in [6.45, 7) is 0. The maximum atomic E-state index is 13.3. The summed E-state index contributed by atoms with van der Waals surface area (Å²) in [4.78, 5) is 30.2. The van der Waals surface area contributed by atoms with Crippen molar-refractivity contribution in [1.29, 1.82) is 0 Å². The first-order chi connectivity index (χ1) is 17.6. The molecule has 0 spiro atoms. The van der Waals surface area contributed by atoms with Crippen LogP contribution in [0.25, 0.3) is 28.0 Å². The molecule has 1 amide bonds. The maximum absolute atomic E-state index is 13.3. The third-order valence-corrected chi connectivity index (χ3v) is 5.03. The number of aromatic nitrogens is 3. The second-order valence-electron chi connectivity index (χ2n) is 7.50. The average molecular weight is 512 g/mol. The molecule has 4 aromatic heterocycles. The number of alkyl halides is 3. The molecule has 0 saturated heterocycles. The molecule has 0 aliphatic heterocycles. The van der Waals surface area contributed by atoms with Crippen molar-refractivity contribution in [2.75, 3.05) is 5.32 Å². The Morgan fingerprint density at radius 3 is 2.32 bits per heavy atom. The summed E-state index contributed by atoms with van der Waals surface area (Å²) in [7, 11) is 0. The molecule has 0 bridgehead atoms. The molecular formula is C25H16F4N4O4. The van der Waals surface area contributed by atoms with Gasteiger partial charge in [0, 0.05) is 17.9 Å². The summed E-state index contributed by atoms with van der Waals surface area (Å²) in [5.74, 6) is -3.33. The largest absolute Gasteiger partial charge is 0.490 e. The quantitative estimate of drug-likeness (QED) is 0.300. The van der Waals surface area contributed by atoms with Crippen LogP contribution in [0.4, 0.5) is 23.2 Å². The van der Waals surface area contributed by atoms with Crippen LogP contribution in [0.5, 0.6) is 0 Å². The number of benzene rings is 1. The van der Waals surface area contributed by atoms with E-state index in [4.69, 9.17) is 14.3 Å². The van der Waals surface area contributed by atoms with E-state index in [-0.39, 0.29) is 11.7 Å². The van der Waals surface area contributed by atoms with Gasteiger partial charge >= 0.3 is 12.1 Å². The Bertz CT molecular complexity index is 1530. The van der Waals surface area contributed by atoms with E-state index in [0.29, 0.717) is 22.6 Å². The van der Waals surface area contributed by atoms with Crippen molar-refractivity contribution >= 4 is 23.1 Å². The number of oxazole rings is 1. The molecule has 188 valence electrons. The summed E-state index contributed by atoms with van der Waals surface area (Å²) < 4.78 is 52.1. The summed E-state index contributed by atoms with van der Waals surface area (Å²) in [5.41, 5.74) is 4.73. The molecule has 0 atom stereocenters. The number of aliphatic carboxylic acids is 1. The Kier molecular flexibility index (Phi) is 7.00. The normalized spacial score (nSPS) is 11.0. The number of carbonyl (C=O) groups excluding carboxylic acids is 1. The van der Waals surface area contributed by atoms with E-state index in [1.165, 1.54) is 24.8 Å². The van der Waals surface area contributed by atoms with Crippen LogP contribution in [-0.2, 0) is 4.79 Å². The standard InChI is InChI=1S/C23H15FN4O2.C2HF3O2/c24-17-6-3-15(4-7-17)16-5-8-19-10-20(23(29)27-18-2-1-9-25-11-18)22(28(19)12-16)21-13-30-14-26-21;3-2(4,5)1(6)7/h1-14H,(H,27,29);(H,6,7). The zero-order valence-electron chi connectivity index (χ0n) is 18.6. The minimum atomic E-state index is -5.08. The predicted octanol–water partition coefficient (Wildman–Crippen LogP) is 5.68. The Labute approximate surface area is 205 Å². The summed E-state index contributed by atoms with van der Waals surface area (Å²) >= 11 is 0. The molecule has 0 aliphatic carbocycles. The maximum Gasteiger partial charge on any atom is 0.490 e. The van der Waals surface area contributed by atoms with Crippen LogP contribution in [0.1, 0.15) is 10.4 Å². The lowest BCUT2D eigenvalue weighted by atomic mass is 10.1. The van der Waals surface area contributed by atoms with Crippen molar-refractivity contribution in [2.24, 2.45) is 0 Å². The van der Waals surface area contributed by atoms with E-state index in [9.17, 15) is 22.4 Å². The van der Waals surface area contributed by atoms with E-state index >= 15 is 0 Å². The fourth-order valence-electron chi connectivity index (χ4n) is 3.38. The van der Waals surface area contributed by atoms with Crippen molar-refractivity contribution in [3.05, 3.63) is 97.2 Å². The number of anilines is 1. The van der Waals surface area contributed by atoms with Crippen molar-refractivity contribution in [3.63, 3.8) is 0 Å². The third kappa shape index (κ3) is 5.81. The molecule has 0 saturated carbocycles. The van der Waals surface area contributed by atoms with Gasteiger partial charge in [0.05, 0.1) is 23.1 Å². The molecular weight excluding hydrogens is 496 g/mol. The highest BCUT2D eigenvalue weighted by molar-refractivity contribution is 6.09. The van der Waals surface area contributed by atoms with Gasteiger partial charge in [-0.3, -0.25) is 9.78 Å². The van der Waals surface area contributed by atoms with Gasteiger partial charge < -0.3 is 19.2 Å². The first-order valence-electron chi connectivity index (χ1n) is 10.4. The molecule has 0 aliphatic rings. The van der Waals surface area contributed by atoms with E-state index in [2.05, 4.69) is 15.3 Å². The van der Waals surface area contributed by atoms with Crippen LogP contribution >= 0.6 is 0 Å². The van der Waals surface area contributed by atoms with Crippen LogP contribution in [0.3, 0.4) is 0 Å². The first kappa shape index (κ1) is 25.1. The number of pyridine rings is 2. The van der Waals surface area contributed by atoms with Gasteiger partial charge in [0.15, 0.2) is 6.39 Å². The molecule has 1 aromatic carbocycles. The van der Waals surface area contributed by atoms with Gasteiger partial charge in [-0.2, -0.15) is 13.2 Å². The van der Waals surface area contributed by atoms with Gasteiger partial charge in [-0.15, -0.1) is 0 Å². The monoisotopic (exact) mass is 512 g/mol. The molecule has 5 rings (SSSR count). The molecule has 37 heavy (non-hydrogen) atoms. The highest BCUT2D eigenvalue weighted by Gasteiger charge is 2.38. The number of hydrogen-bond donors (Lipinski definition) is 2. The number of fused-ring (bicyclic) bond motifs is 1. The smallest absolute Gasteiger partial charge is 0.475 e. The topological polar surface area (TPSA) is 110 Å². The van der Waals surface area contributed by atoms with Crippen LogP contribution < -0.4 is 5.32 Å². The Balaban J connectivity index is 0.000000405. The number of hydrogen-bond acceptors (Lipinski definition) is 5. The number of halogens is 4. The summed E-state index contributed by atoms with van der Waals surface area (Å²) in [5, 5.41) is 9.98. The Hall–Kier alpha value is -5.00. The van der Waals surface area contributed by atoms with Gasteiger partial charge in [-0.1, -0.05) is 18.2 Å². The fourth-order valence-corrected chi connectivity index (χ4v) is 3.38. The summed E-state index contributed by atoms with van der Waals surface area (Å²) in [6, 6.07) is 15.4.